The minimum Gasteiger partial charge on any atom is -0.381 e. The zero-order valence-corrected chi connectivity index (χ0v) is 17.5. The van der Waals surface area contributed by atoms with Gasteiger partial charge in [0.2, 0.25) is 0 Å². The molecular weight excluding hydrogens is 398 g/mol. The van der Waals surface area contributed by atoms with Crippen LogP contribution in [0.25, 0.3) is 10.9 Å². The van der Waals surface area contributed by atoms with Gasteiger partial charge in [0.05, 0.1) is 16.9 Å². The van der Waals surface area contributed by atoms with Gasteiger partial charge in [0.15, 0.2) is 0 Å². The summed E-state index contributed by atoms with van der Waals surface area (Å²) < 4.78 is 1.74. The van der Waals surface area contributed by atoms with E-state index >= 15 is 0 Å². The van der Waals surface area contributed by atoms with Crippen LogP contribution in [0.3, 0.4) is 0 Å². The first-order valence-electron chi connectivity index (χ1n) is 10.3. The first-order valence-corrected chi connectivity index (χ1v) is 10.7. The van der Waals surface area contributed by atoms with Crippen LogP contribution in [-0.4, -0.2) is 15.6 Å². The summed E-state index contributed by atoms with van der Waals surface area (Å²) in [4.78, 5) is 17.0. The van der Waals surface area contributed by atoms with Crippen molar-refractivity contribution >= 4 is 39.6 Å². The molecule has 30 heavy (non-hydrogen) atoms. The van der Waals surface area contributed by atoms with Crippen molar-refractivity contribution in [2.75, 3.05) is 10.6 Å². The van der Waals surface area contributed by atoms with Crippen LogP contribution < -0.4 is 16.2 Å². The Morgan fingerprint density at radius 1 is 1.30 bits per heavy atom. The normalized spacial score (nSPS) is 18.2. The maximum atomic E-state index is 13.0. The van der Waals surface area contributed by atoms with E-state index in [0.717, 1.165) is 47.1 Å². The lowest BCUT2D eigenvalue weighted by Gasteiger charge is -2.21. The zero-order chi connectivity index (χ0) is 20.8. The molecule has 1 saturated carbocycles. The van der Waals surface area contributed by atoms with Gasteiger partial charge in [-0.2, -0.15) is 5.26 Å². The van der Waals surface area contributed by atoms with E-state index in [1.807, 2.05) is 25.2 Å². The summed E-state index contributed by atoms with van der Waals surface area (Å²) in [5.41, 5.74) is 4.56. The molecule has 0 radical (unpaired) electrons. The highest BCUT2D eigenvalue weighted by Crippen LogP contribution is 2.40. The second kappa shape index (κ2) is 7.33. The smallest absolute Gasteiger partial charge is 0.256 e. The number of benzene rings is 1. The molecule has 2 aliphatic rings. The number of hydrogen-bond acceptors (Lipinski definition) is 5. The van der Waals surface area contributed by atoms with E-state index in [-0.39, 0.29) is 10.7 Å². The lowest BCUT2D eigenvalue weighted by molar-refractivity contribution is 0.572. The van der Waals surface area contributed by atoms with Crippen LogP contribution >= 0.6 is 11.6 Å². The number of nitriles is 1. The van der Waals surface area contributed by atoms with Gasteiger partial charge in [0.25, 0.3) is 5.56 Å². The fourth-order valence-electron chi connectivity index (χ4n) is 4.50. The number of rotatable bonds is 3. The average molecular weight is 420 g/mol. The molecule has 1 atom stereocenters. The van der Waals surface area contributed by atoms with Crippen LogP contribution in [0.5, 0.6) is 0 Å². The van der Waals surface area contributed by atoms with E-state index in [4.69, 9.17) is 11.6 Å². The van der Waals surface area contributed by atoms with Crippen molar-refractivity contribution in [2.45, 2.75) is 38.1 Å². The van der Waals surface area contributed by atoms with E-state index < -0.39 is 0 Å². The second-order valence-electron chi connectivity index (χ2n) is 8.19. The van der Waals surface area contributed by atoms with Gasteiger partial charge in [-0.3, -0.25) is 4.79 Å². The third-order valence-corrected chi connectivity index (χ3v) is 6.54. The molecule has 0 bridgehead atoms. The predicted octanol–water partition coefficient (Wildman–Crippen LogP) is 4.73. The molecule has 152 valence electrons. The molecule has 3 aromatic rings. The highest BCUT2D eigenvalue weighted by atomic mass is 35.5. The van der Waals surface area contributed by atoms with Crippen molar-refractivity contribution in [3.63, 3.8) is 0 Å². The second-order valence-corrected chi connectivity index (χ2v) is 8.55. The Labute approximate surface area is 179 Å². The van der Waals surface area contributed by atoms with Crippen LogP contribution in [-0.2, 0) is 13.5 Å². The minimum atomic E-state index is 0.0786. The monoisotopic (exact) mass is 419 g/mol. The molecule has 1 aliphatic carbocycles. The van der Waals surface area contributed by atoms with Gasteiger partial charge < -0.3 is 15.2 Å². The summed E-state index contributed by atoms with van der Waals surface area (Å²) in [6.07, 6.45) is 7.03. The van der Waals surface area contributed by atoms with Crippen LogP contribution in [0, 0.1) is 17.2 Å². The van der Waals surface area contributed by atoms with Crippen LogP contribution in [0.2, 0.25) is 5.15 Å². The van der Waals surface area contributed by atoms with Gasteiger partial charge in [-0.25, -0.2) is 4.98 Å². The van der Waals surface area contributed by atoms with Crippen molar-refractivity contribution in [3.05, 3.63) is 57.1 Å². The summed E-state index contributed by atoms with van der Waals surface area (Å²) in [5.74, 6) is 0.716. The maximum absolute atomic E-state index is 13.0. The summed E-state index contributed by atoms with van der Waals surface area (Å²) >= 11 is 6.07. The molecular formula is C23H22ClN5O. The number of pyridine rings is 2. The Hall–Kier alpha value is -3.04. The minimum absolute atomic E-state index is 0.0786. The molecule has 0 amide bonds. The van der Waals surface area contributed by atoms with Crippen molar-refractivity contribution in [3.8, 4) is 6.07 Å². The number of nitrogens with one attached hydrogen (secondary N) is 2. The molecule has 0 spiro atoms. The number of hydrogen-bond donors (Lipinski definition) is 2. The highest BCUT2D eigenvalue weighted by molar-refractivity contribution is 6.31. The van der Waals surface area contributed by atoms with Gasteiger partial charge in [-0.1, -0.05) is 11.6 Å². The molecule has 1 unspecified atom stereocenters. The summed E-state index contributed by atoms with van der Waals surface area (Å²) in [7, 11) is 1.83. The Balaban J connectivity index is 1.64. The number of fused-ring (bicyclic) bond motifs is 3. The lowest BCUT2D eigenvalue weighted by Crippen LogP contribution is -2.25. The van der Waals surface area contributed by atoms with Gasteiger partial charge in [-0.15, -0.1) is 0 Å². The van der Waals surface area contributed by atoms with E-state index in [1.165, 1.54) is 12.8 Å². The van der Waals surface area contributed by atoms with E-state index in [2.05, 4.69) is 21.7 Å². The Bertz CT molecular complexity index is 1260. The molecule has 1 fully saturated rings. The standard InChI is InChI=1S/C23H22ClN5O/c1-29-20-8-7-14(27-19-9-10-26-22(24)17(19)12-25)11-16(20)21-15(23(29)30)3-2-4-18(28-21)13-5-6-13/h7-11,13,18,28H,2-6H2,1H3,(H,26,27). The van der Waals surface area contributed by atoms with Crippen LogP contribution in [0.15, 0.2) is 35.3 Å². The molecule has 6 nitrogen and oxygen atoms in total. The summed E-state index contributed by atoms with van der Waals surface area (Å²) in [5, 5.41) is 17.6. The van der Waals surface area contributed by atoms with Gasteiger partial charge in [-0.05, 0) is 62.3 Å². The van der Waals surface area contributed by atoms with Gasteiger partial charge in [0.1, 0.15) is 16.8 Å². The molecule has 3 heterocycles. The number of halogens is 1. The van der Waals surface area contributed by atoms with Gasteiger partial charge >= 0.3 is 0 Å². The third-order valence-electron chi connectivity index (χ3n) is 6.25. The first kappa shape index (κ1) is 19.0. The maximum Gasteiger partial charge on any atom is 0.256 e. The van der Waals surface area contributed by atoms with Crippen LogP contribution in [0.1, 0.15) is 36.8 Å². The Morgan fingerprint density at radius 3 is 2.90 bits per heavy atom. The van der Waals surface area contributed by atoms with Crippen molar-refractivity contribution in [2.24, 2.45) is 13.0 Å². The molecule has 7 heteroatoms. The third kappa shape index (κ3) is 3.20. The largest absolute Gasteiger partial charge is 0.381 e. The molecule has 5 rings (SSSR count). The number of nitrogens with zero attached hydrogens (tertiary/aromatic N) is 3. The summed E-state index contributed by atoms with van der Waals surface area (Å²) in [6.45, 7) is 0. The molecule has 0 saturated heterocycles. The van der Waals surface area contributed by atoms with Crippen molar-refractivity contribution in [1.82, 2.24) is 9.55 Å². The molecule has 2 N–H and O–H groups in total. The van der Waals surface area contributed by atoms with Crippen LogP contribution in [0.4, 0.5) is 17.1 Å². The quantitative estimate of drug-likeness (QED) is 0.599. The fraction of sp³-hybridized carbons (Fsp3) is 0.348. The Morgan fingerprint density at radius 2 is 2.13 bits per heavy atom. The Kier molecular flexibility index (Phi) is 4.63. The predicted molar refractivity (Wildman–Crippen MR) is 120 cm³/mol. The first-order chi connectivity index (χ1) is 14.6. The highest BCUT2D eigenvalue weighted by Gasteiger charge is 2.33. The number of aromatic nitrogens is 2. The molecule has 2 aromatic heterocycles. The van der Waals surface area contributed by atoms with E-state index in [1.54, 1.807) is 16.8 Å². The van der Waals surface area contributed by atoms with Crippen molar-refractivity contribution < 1.29 is 0 Å². The topological polar surface area (TPSA) is 82.7 Å². The van der Waals surface area contributed by atoms with Gasteiger partial charge in [0, 0.05) is 35.9 Å². The molecule has 1 aromatic carbocycles. The SMILES string of the molecule is Cn1c(=O)c2c(c3cc(Nc4ccnc(Cl)c4C#N)ccc31)NC(C1CC1)CCC2. The number of aryl methyl sites for hydroxylation is 1. The lowest BCUT2D eigenvalue weighted by atomic mass is 10.0. The molecule has 1 aliphatic heterocycles. The van der Waals surface area contributed by atoms with E-state index in [0.29, 0.717) is 23.2 Å². The fourth-order valence-corrected chi connectivity index (χ4v) is 4.70. The number of anilines is 3. The summed E-state index contributed by atoms with van der Waals surface area (Å²) in [6, 6.07) is 10.2. The average Bonchev–Trinajstić information content (AvgIpc) is 3.58. The zero-order valence-electron chi connectivity index (χ0n) is 16.7. The van der Waals surface area contributed by atoms with E-state index in [9.17, 15) is 10.1 Å². The van der Waals surface area contributed by atoms with Crippen molar-refractivity contribution in [1.29, 1.82) is 5.26 Å².